The second-order valence-electron chi connectivity index (χ2n) is 7.71. The van der Waals surface area contributed by atoms with E-state index in [0.717, 1.165) is 61.8 Å². The highest BCUT2D eigenvalue weighted by Gasteiger charge is 2.15. The van der Waals surface area contributed by atoms with E-state index in [2.05, 4.69) is 32.7 Å². The minimum atomic E-state index is 0.233. The third-order valence-electron chi connectivity index (χ3n) is 5.30. The number of nitrogens with zero attached hydrogens (tertiary/aromatic N) is 2. The van der Waals surface area contributed by atoms with Crippen molar-refractivity contribution in [1.29, 1.82) is 0 Å². The lowest BCUT2D eigenvalue weighted by atomic mass is 10.1. The van der Waals surface area contributed by atoms with Crippen molar-refractivity contribution in [2.45, 2.75) is 25.5 Å². The Bertz CT molecular complexity index is 958. The largest absolute Gasteiger partial charge is 0.490 e. The van der Waals surface area contributed by atoms with Crippen molar-refractivity contribution in [3.63, 3.8) is 0 Å². The van der Waals surface area contributed by atoms with Crippen LogP contribution in [0, 0.1) is 0 Å². The molecule has 2 N–H and O–H groups in total. The predicted molar refractivity (Wildman–Crippen MR) is 125 cm³/mol. The monoisotopic (exact) mass is 434 g/mol. The molecule has 2 aromatic carbocycles. The summed E-state index contributed by atoms with van der Waals surface area (Å²) >= 11 is 0. The summed E-state index contributed by atoms with van der Waals surface area (Å²) in [6.07, 6.45) is 3.88. The lowest BCUT2D eigenvalue weighted by Crippen LogP contribution is -2.25. The first-order valence-electron chi connectivity index (χ1n) is 11.0. The van der Waals surface area contributed by atoms with Crippen LogP contribution in [-0.2, 0) is 16.0 Å². The average molecular weight is 435 g/mol. The molecule has 0 spiro atoms. The van der Waals surface area contributed by atoms with E-state index in [9.17, 15) is 0 Å². The van der Waals surface area contributed by atoms with E-state index in [0.29, 0.717) is 12.6 Å². The fraction of sp³-hybridized carbons (Fsp3) is 0.360. The number of aromatic nitrogens is 2. The van der Waals surface area contributed by atoms with Gasteiger partial charge in [0, 0.05) is 50.5 Å². The minimum absolute atomic E-state index is 0.233. The zero-order valence-corrected chi connectivity index (χ0v) is 18.4. The van der Waals surface area contributed by atoms with E-state index in [1.165, 1.54) is 5.56 Å². The molecular weight excluding hydrogens is 404 g/mol. The van der Waals surface area contributed by atoms with E-state index in [1.54, 1.807) is 13.3 Å². The number of rotatable bonds is 10. The van der Waals surface area contributed by atoms with Crippen molar-refractivity contribution in [3.8, 4) is 17.0 Å². The first-order valence-corrected chi connectivity index (χ1v) is 11.0. The van der Waals surface area contributed by atoms with Gasteiger partial charge in [-0.3, -0.25) is 0 Å². The molecule has 1 aromatic heterocycles. The van der Waals surface area contributed by atoms with Crippen molar-refractivity contribution >= 4 is 11.6 Å². The minimum Gasteiger partial charge on any atom is -0.490 e. The van der Waals surface area contributed by atoms with E-state index in [1.807, 2.05) is 42.5 Å². The van der Waals surface area contributed by atoms with Crippen LogP contribution < -0.4 is 15.4 Å². The zero-order valence-electron chi connectivity index (χ0n) is 18.4. The average Bonchev–Trinajstić information content (AvgIpc) is 2.84. The van der Waals surface area contributed by atoms with Gasteiger partial charge in [0.2, 0.25) is 5.95 Å². The molecule has 0 unspecified atom stereocenters. The van der Waals surface area contributed by atoms with Crippen molar-refractivity contribution in [2.24, 2.45) is 0 Å². The summed E-state index contributed by atoms with van der Waals surface area (Å²) in [6.45, 7) is 3.89. The maximum absolute atomic E-state index is 6.06. The van der Waals surface area contributed by atoms with E-state index < -0.39 is 0 Å². The van der Waals surface area contributed by atoms with Crippen molar-refractivity contribution in [2.75, 3.05) is 38.8 Å². The lowest BCUT2D eigenvalue weighted by Gasteiger charge is -2.23. The van der Waals surface area contributed by atoms with E-state index in [4.69, 9.17) is 14.2 Å². The fourth-order valence-corrected chi connectivity index (χ4v) is 3.51. The summed E-state index contributed by atoms with van der Waals surface area (Å²) in [6, 6.07) is 18.2. The van der Waals surface area contributed by atoms with Crippen LogP contribution in [0.15, 0.2) is 60.8 Å². The summed E-state index contributed by atoms with van der Waals surface area (Å²) in [7, 11) is 1.71. The van der Waals surface area contributed by atoms with E-state index >= 15 is 0 Å². The molecule has 0 amide bonds. The van der Waals surface area contributed by atoms with Gasteiger partial charge in [-0.25, -0.2) is 9.97 Å². The molecule has 0 atom stereocenters. The van der Waals surface area contributed by atoms with Gasteiger partial charge in [0.25, 0.3) is 0 Å². The Morgan fingerprint density at radius 1 is 1.00 bits per heavy atom. The molecule has 0 radical (unpaired) electrons. The molecule has 0 bridgehead atoms. The molecule has 0 aliphatic carbocycles. The third-order valence-corrected chi connectivity index (χ3v) is 5.30. The maximum Gasteiger partial charge on any atom is 0.227 e. The Kier molecular flexibility index (Phi) is 8.03. The van der Waals surface area contributed by atoms with Gasteiger partial charge in [-0.1, -0.05) is 12.1 Å². The summed E-state index contributed by atoms with van der Waals surface area (Å²) in [5.74, 6) is 1.45. The second-order valence-corrected chi connectivity index (χ2v) is 7.71. The number of ether oxygens (including phenoxy) is 3. The molecule has 3 aromatic rings. The highest BCUT2D eigenvalue weighted by Crippen LogP contribution is 2.24. The molecule has 1 aliphatic rings. The van der Waals surface area contributed by atoms with Crippen molar-refractivity contribution in [3.05, 3.63) is 66.4 Å². The van der Waals surface area contributed by atoms with Crippen LogP contribution in [-0.4, -0.2) is 49.5 Å². The summed E-state index contributed by atoms with van der Waals surface area (Å²) in [5, 5.41) is 6.62. The van der Waals surface area contributed by atoms with Crippen LogP contribution in [0.25, 0.3) is 11.3 Å². The van der Waals surface area contributed by atoms with Gasteiger partial charge in [0.05, 0.1) is 25.5 Å². The van der Waals surface area contributed by atoms with Gasteiger partial charge >= 0.3 is 0 Å². The molecular formula is C25H30N4O3. The molecule has 4 rings (SSSR count). The van der Waals surface area contributed by atoms with Gasteiger partial charge < -0.3 is 24.8 Å². The first kappa shape index (κ1) is 22.2. The third kappa shape index (κ3) is 6.50. The number of hydrogen-bond donors (Lipinski definition) is 2. The Labute approximate surface area is 189 Å². The Balaban J connectivity index is 1.35. The summed E-state index contributed by atoms with van der Waals surface area (Å²) in [5.41, 5.74) is 4.04. The maximum atomic E-state index is 6.06. The van der Waals surface area contributed by atoms with Gasteiger partial charge in [-0.05, 0) is 48.0 Å². The normalized spacial score (nSPS) is 14.3. The molecule has 7 nitrogen and oxygen atoms in total. The molecule has 1 aliphatic heterocycles. The molecule has 2 heterocycles. The smallest absolute Gasteiger partial charge is 0.227 e. The quantitative estimate of drug-likeness (QED) is 0.464. The van der Waals surface area contributed by atoms with Crippen LogP contribution in [0.5, 0.6) is 5.75 Å². The highest BCUT2D eigenvalue weighted by atomic mass is 16.5. The second kappa shape index (κ2) is 11.6. The van der Waals surface area contributed by atoms with Crippen molar-refractivity contribution in [1.82, 2.24) is 15.3 Å². The standard InChI is InChI=1S/C25H30N4O3/c1-30-17-14-26-18-19-2-6-21(7-3-19)28-25-27-13-10-24(29-25)20-4-8-22(9-5-20)32-23-11-15-31-16-12-23/h2-10,13,23,26H,11-12,14-18H2,1H3,(H,27,28,29). The molecule has 32 heavy (non-hydrogen) atoms. The van der Waals surface area contributed by atoms with Crippen LogP contribution in [0.2, 0.25) is 0 Å². The van der Waals surface area contributed by atoms with Crippen LogP contribution in [0.4, 0.5) is 11.6 Å². The van der Waals surface area contributed by atoms with Crippen LogP contribution >= 0.6 is 0 Å². The predicted octanol–water partition coefficient (Wildman–Crippen LogP) is 4.18. The van der Waals surface area contributed by atoms with Gasteiger partial charge in [-0.2, -0.15) is 0 Å². The SMILES string of the molecule is COCCNCc1ccc(Nc2nccc(-c3ccc(OC4CCOCC4)cc3)n2)cc1. The summed E-state index contributed by atoms with van der Waals surface area (Å²) in [4.78, 5) is 9.03. The lowest BCUT2D eigenvalue weighted by molar-refractivity contribution is 0.0256. The number of benzene rings is 2. The number of anilines is 2. The van der Waals surface area contributed by atoms with Gasteiger partial charge in [0.1, 0.15) is 11.9 Å². The van der Waals surface area contributed by atoms with Gasteiger partial charge in [-0.15, -0.1) is 0 Å². The molecule has 1 saturated heterocycles. The Morgan fingerprint density at radius 2 is 1.78 bits per heavy atom. The van der Waals surface area contributed by atoms with E-state index in [-0.39, 0.29) is 6.10 Å². The van der Waals surface area contributed by atoms with Gasteiger partial charge in [0.15, 0.2) is 0 Å². The molecule has 7 heteroatoms. The molecule has 1 fully saturated rings. The molecule has 168 valence electrons. The highest BCUT2D eigenvalue weighted by molar-refractivity contribution is 5.62. The first-order chi connectivity index (χ1) is 15.8. The van der Waals surface area contributed by atoms with Crippen LogP contribution in [0.3, 0.4) is 0 Å². The Morgan fingerprint density at radius 3 is 2.53 bits per heavy atom. The number of hydrogen-bond acceptors (Lipinski definition) is 7. The fourth-order valence-electron chi connectivity index (χ4n) is 3.51. The molecule has 0 saturated carbocycles. The summed E-state index contributed by atoms with van der Waals surface area (Å²) < 4.78 is 16.5. The number of nitrogens with one attached hydrogen (secondary N) is 2. The topological polar surface area (TPSA) is 77.5 Å². The number of methoxy groups -OCH3 is 1. The van der Waals surface area contributed by atoms with Crippen molar-refractivity contribution < 1.29 is 14.2 Å². The zero-order chi connectivity index (χ0) is 22.0. The van der Waals surface area contributed by atoms with Crippen LogP contribution in [0.1, 0.15) is 18.4 Å². The Hall–Kier alpha value is -3.00.